The van der Waals surface area contributed by atoms with Crippen LogP contribution in [0.2, 0.25) is 0 Å². The summed E-state index contributed by atoms with van der Waals surface area (Å²) in [6.07, 6.45) is 0. The summed E-state index contributed by atoms with van der Waals surface area (Å²) in [5.41, 5.74) is 1.31. The molecule has 1 amide bonds. The van der Waals surface area contributed by atoms with Crippen molar-refractivity contribution in [1.29, 1.82) is 0 Å². The van der Waals surface area contributed by atoms with Crippen LogP contribution < -0.4 is 0 Å². The van der Waals surface area contributed by atoms with Gasteiger partial charge in [-0.25, -0.2) is 0 Å². The Balaban J connectivity index is 2.88. The maximum absolute atomic E-state index is 12.0. The van der Waals surface area contributed by atoms with Gasteiger partial charge in [-0.05, 0) is 30.5 Å². The first-order chi connectivity index (χ1) is 7.41. The number of nitrogens with zero attached hydrogens (tertiary/aromatic N) is 1. The van der Waals surface area contributed by atoms with Gasteiger partial charge in [0.25, 0.3) is 5.91 Å². The van der Waals surface area contributed by atoms with Crippen LogP contribution in [0, 0.1) is 12.8 Å². The second kappa shape index (κ2) is 5.01. The summed E-state index contributed by atoms with van der Waals surface area (Å²) in [7, 11) is 1.75. The number of aryl methyl sites for hydroxylation is 1. The maximum Gasteiger partial charge on any atom is 0.257 e. The normalized spacial score (nSPS) is 10.6. The molecule has 88 valence electrons. The van der Waals surface area contributed by atoms with Crippen LogP contribution >= 0.6 is 0 Å². The minimum atomic E-state index is -0.133. The fourth-order valence-corrected chi connectivity index (χ4v) is 1.66. The molecule has 0 aromatic heterocycles. The van der Waals surface area contributed by atoms with E-state index in [1.807, 2.05) is 13.0 Å². The minimum absolute atomic E-state index is 0.0561. The first kappa shape index (κ1) is 12.6. The highest BCUT2D eigenvalue weighted by Crippen LogP contribution is 2.20. The van der Waals surface area contributed by atoms with E-state index >= 15 is 0 Å². The van der Waals surface area contributed by atoms with E-state index in [1.54, 1.807) is 24.1 Å². The Morgan fingerprint density at radius 3 is 2.56 bits per heavy atom. The molecule has 1 aromatic carbocycles. The molecule has 0 aliphatic heterocycles. The lowest BCUT2D eigenvalue weighted by atomic mass is 10.1. The number of phenols is 1. The van der Waals surface area contributed by atoms with E-state index in [0.717, 1.165) is 5.56 Å². The van der Waals surface area contributed by atoms with Crippen molar-refractivity contribution in [3.63, 3.8) is 0 Å². The van der Waals surface area contributed by atoms with Gasteiger partial charge in [0, 0.05) is 13.6 Å². The third-order valence-electron chi connectivity index (χ3n) is 2.37. The summed E-state index contributed by atoms with van der Waals surface area (Å²) in [5, 5.41) is 9.70. The number of carbonyl (C=O) groups is 1. The van der Waals surface area contributed by atoms with Crippen molar-refractivity contribution in [2.75, 3.05) is 13.6 Å². The predicted octanol–water partition coefficient (Wildman–Crippen LogP) is 2.43. The molecule has 0 heterocycles. The number of aromatic hydroxyl groups is 1. The van der Waals surface area contributed by atoms with E-state index in [0.29, 0.717) is 18.0 Å². The molecule has 1 aromatic rings. The third kappa shape index (κ3) is 2.99. The molecule has 0 unspecified atom stereocenters. The highest BCUT2D eigenvalue weighted by Gasteiger charge is 2.16. The molecule has 0 atom stereocenters. The predicted molar refractivity (Wildman–Crippen MR) is 64.6 cm³/mol. The molecule has 0 aliphatic rings. The van der Waals surface area contributed by atoms with E-state index < -0.39 is 0 Å². The zero-order valence-corrected chi connectivity index (χ0v) is 10.3. The standard InChI is InChI=1S/C13H19NO2/c1-9(2)8-14(4)13(16)11-6-5-10(3)7-12(11)15/h5-7,9,15H,8H2,1-4H3. The molecule has 16 heavy (non-hydrogen) atoms. The lowest BCUT2D eigenvalue weighted by Crippen LogP contribution is -2.30. The number of phenolic OH excluding ortho intramolecular Hbond substituents is 1. The monoisotopic (exact) mass is 221 g/mol. The van der Waals surface area contributed by atoms with Gasteiger partial charge in [-0.3, -0.25) is 4.79 Å². The van der Waals surface area contributed by atoms with Gasteiger partial charge in [-0.15, -0.1) is 0 Å². The quantitative estimate of drug-likeness (QED) is 0.851. The largest absolute Gasteiger partial charge is 0.507 e. The van der Waals surface area contributed by atoms with Crippen LogP contribution in [0.5, 0.6) is 5.75 Å². The molecule has 1 rings (SSSR count). The Kier molecular flexibility index (Phi) is 3.93. The van der Waals surface area contributed by atoms with Crippen LogP contribution in [0.25, 0.3) is 0 Å². The Hall–Kier alpha value is -1.51. The fraction of sp³-hybridized carbons (Fsp3) is 0.462. The first-order valence-electron chi connectivity index (χ1n) is 5.47. The van der Waals surface area contributed by atoms with E-state index in [-0.39, 0.29) is 11.7 Å². The number of amides is 1. The Bertz CT molecular complexity index is 386. The molecule has 0 saturated heterocycles. The Labute approximate surface area is 96.7 Å². The van der Waals surface area contributed by atoms with Gasteiger partial charge in [0.15, 0.2) is 0 Å². The van der Waals surface area contributed by atoms with Gasteiger partial charge in [0.2, 0.25) is 0 Å². The van der Waals surface area contributed by atoms with Crippen LogP contribution in [0.1, 0.15) is 29.8 Å². The molecular weight excluding hydrogens is 202 g/mol. The zero-order valence-electron chi connectivity index (χ0n) is 10.3. The number of carbonyl (C=O) groups excluding carboxylic acids is 1. The van der Waals surface area contributed by atoms with Crippen LogP contribution in [0.4, 0.5) is 0 Å². The SMILES string of the molecule is Cc1ccc(C(=O)N(C)CC(C)C)c(O)c1. The molecular formula is C13H19NO2. The molecule has 0 spiro atoms. The zero-order chi connectivity index (χ0) is 12.3. The van der Waals surface area contributed by atoms with Crippen LogP contribution in [0.3, 0.4) is 0 Å². The van der Waals surface area contributed by atoms with E-state index in [2.05, 4.69) is 13.8 Å². The molecule has 3 nitrogen and oxygen atoms in total. The molecule has 0 fully saturated rings. The lowest BCUT2D eigenvalue weighted by Gasteiger charge is -2.19. The molecule has 0 bridgehead atoms. The maximum atomic E-state index is 12.0. The van der Waals surface area contributed by atoms with E-state index in [9.17, 15) is 9.90 Å². The van der Waals surface area contributed by atoms with Crippen LogP contribution in [-0.4, -0.2) is 29.5 Å². The summed E-state index contributed by atoms with van der Waals surface area (Å²) in [5.74, 6) is 0.341. The second-order valence-electron chi connectivity index (χ2n) is 4.60. The van der Waals surface area contributed by atoms with Crippen molar-refractivity contribution >= 4 is 5.91 Å². The van der Waals surface area contributed by atoms with Gasteiger partial charge >= 0.3 is 0 Å². The lowest BCUT2D eigenvalue weighted by molar-refractivity contribution is 0.0776. The summed E-state index contributed by atoms with van der Waals surface area (Å²) < 4.78 is 0. The van der Waals surface area contributed by atoms with Gasteiger partial charge in [0.1, 0.15) is 5.75 Å². The van der Waals surface area contributed by atoms with Gasteiger partial charge in [-0.2, -0.15) is 0 Å². The first-order valence-corrected chi connectivity index (χ1v) is 5.47. The van der Waals surface area contributed by atoms with Crippen molar-refractivity contribution in [3.8, 4) is 5.75 Å². The fourth-order valence-electron chi connectivity index (χ4n) is 1.66. The Morgan fingerprint density at radius 1 is 1.44 bits per heavy atom. The van der Waals surface area contributed by atoms with Crippen molar-refractivity contribution < 1.29 is 9.90 Å². The van der Waals surface area contributed by atoms with Gasteiger partial charge in [0.05, 0.1) is 5.56 Å². The number of hydrogen-bond acceptors (Lipinski definition) is 2. The minimum Gasteiger partial charge on any atom is -0.507 e. The molecule has 3 heteroatoms. The molecule has 1 N–H and O–H groups in total. The smallest absolute Gasteiger partial charge is 0.257 e. The van der Waals surface area contributed by atoms with Crippen molar-refractivity contribution in [2.45, 2.75) is 20.8 Å². The Morgan fingerprint density at radius 2 is 2.06 bits per heavy atom. The van der Waals surface area contributed by atoms with E-state index in [1.165, 1.54) is 0 Å². The summed E-state index contributed by atoms with van der Waals surface area (Å²) >= 11 is 0. The third-order valence-corrected chi connectivity index (χ3v) is 2.37. The highest BCUT2D eigenvalue weighted by atomic mass is 16.3. The molecule has 0 saturated carbocycles. The topological polar surface area (TPSA) is 40.5 Å². The second-order valence-corrected chi connectivity index (χ2v) is 4.60. The van der Waals surface area contributed by atoms with Gasteiger partial charge < -0.3 is 10.0 Å². The molecule has 0 radical (unpaired) electrons. The average molecular weight is 221 g/mol. The highest BCUT2D eigenvalue weighted by molar-refractivity contribution is 5.96. The average Bonchev–Trinajstić information content (AvgIpc) is 2.15. The number of hydrogen-bond donors (Lipinski definition) is 1. The number of benzene rings is 1. The van der Waals surface area contributed by atoms with Crippen molar-refractivity contribution in [1.82, 2.24) is 4.90 Å². The summed E-state index contributed by atoms with van der Waals surface area (Å²) in [6.45, 7) is 6.68. The van der Waals surface area contributed by atoms with Crippen molar-refractivity contribution in [3.05, 3.63) is 29.3 Å². The summed E-state index contributed by atoms with van der Waals surface area (Å²) in [6, 6.07) is 5.11. The van der Waals surface area contributed by atoms with Crippen LogP contribution in [0.15, 0.2) is 18.2 Å². The molecule has 0 aliphatic carbocycles. The summed E-state index contributed by atoms with van der Waals surface area (Å²) in [4.78, 5) is 13.6. The van der Waals surface area contributed by atoms with Gasteiger partial charge in [-0.1, -0.05) is 19.9 Å². The van der Waals surface area contributed by atoms with Crippen molar-refractivity contribution in [2.24, 2.45) is 5.92 Å². The number of rotatable bonds is 3. The van der Waals surface area contributed by atoms with E-state index in [4.69, 9.17) is 0 Å². The van der Waals surface area contributed by atoms with Crippen LogP contribution in [-0.2, 0) is 0 Å².